The molecule has 2 aromatic carbocycles. The summed E-state index contributed by atoms with van der Waals surface area (Å²) in [7, 11) is -2.74. The Morgan fingerprint density at radius 1 is 1.28 bits per heavy atom. The van der Waals surface area contributed by atoms with E-state index in [0.29, 0.717) is 17.9 Å². The van der Waals surface area contributed by atoms with Crippen LogP contribution in [0.3, 0.4) is 0 Å². The van der Waals surface area contributed by atoms with Crippen LogP contribution in [0.25, 0.3) is 0 Å². The van der Waals surface area contributed by atoms with Crippen molar-refractivity contribution in [1.82, 2.24) is 9.73 Å². The number of sulfonamides is 1. The molecule has 7 nitrogen and oxygen atoms in total. The maximum Gasteiger partial charge on any atom is 0.255 e. The Morgan fingerprint density at radius 2 is 2.03 bits per heavy atom. The van der Waals surface area contributed by atoms with Gasteiger partial charge in [0, 0.05) is 12.1 Å². The van der Waals surface area contributed by atoms with Crippen molar-refractivity contribution in [2.75, 3.05) is 20.2 Å². The Kier molecular flexibility index (Phi) is 8.21. The molecule has 0 aliphatic rings. The van der Waals surface area contributed by atoms with Crippen molar-refractivity contribution in [3.63, 3.8) is 0 Å². The van der Waals surface area contributed by atoms with E-state index in [9.17, 15) is 13.2 Å². The van der Waals surface area contributed by atoms with Crippen LogP contribution in [0.2, 0.25) is 10.0 Å². The largest absolute Gasteiger partial charge is 0.490 e. The first-order valence-corrected chi connectivity index (χ1v) is 10.5. The van der Waals surface area contributed by atoms with Crippen LogP contribution in [-0.4, -0.2) is 45.0 Å². The lowest BCUT2D eigenvalue weighted by atomic mass is 10.2. The second-order valence-electron chi connectivity index (χ2n) is 5.80. The highest BCUT2D eigenvalue weighted by atomic mass is 35.5. The molecule has 0 saturated heterocycles. The predicted molar refractivity (Wildman–Crippen MR) is 114 cm³/mol. The van der Waals surface area contributed by atoms with Crippen LogP contribution in [0, 0.1) is 0 Å². The van der Waals surface area contributed by atoms with Crippen LogP contribution in [-0.2, 0) is 14.8 Å². The maximum atomic E-state index is 12.6. The molecular weight excluding hydrogens is 437 g/mol. The third-order valence-electron chi connectivity index (χ3n) is 3.58. The number of likely N-dealkylation sites (N-methyl/N-ethyl adjacent to an activating group) is 1. The molecule has 1 amide bonds. The molecule has 0 fully saturated rings. The number of hydrogen-bond donors (Lipinski definition) is 1. The molecule has 0 atom stereocenters. The zero-order valence-corrected chi connectivity index (χ0v) is 17.8. The number of nitrogens with zero attached hydrogens (tertiary/aromatic N) is 2. The minimum atomic E-state index is -4.00. The second-order valence-corrected chi connectivity index (χ2v) is 8.66. The van der Waals surface area contributed by atoms with E-state index in [0.717, 1.165) is 4.31 Å². The Morgan fingerprint density at radius 3 is 2.76 bits per heavy atom. The quantitative estimate of drug-likeness (QED) is 0.356. The summed E-state index contributed by atoms with van der Waals surface area (Å²) in [5, 5.41) is 4.06. The Balaban J connectivity index is 1.99. The number of carbonyl (C=O) groups excluding carboxylic acids is 1. The molecule has 0 heterocycles. The molecule has 2 rings (SSSR count). The smallest absolute Gasteiger partial charge is 0.255 e. The number of ether oxygens (including phenoxy) is 1. The van der Waals surface area contributed by atoms with Gasteiger partial charge in [-0.25, -0.2) is 13.8 Å². The van der Waals surface area contributed by atoms with Crippen molar-refractivity contribution >= 4 is 45.3 Å². The summed E-state index contributed by atoms with van der Waals surface area (Å²) in [6, 6.07) is 11.1. The van der Waals surface area contributed by atoms with E-state index in [4.69, 9.17) is 27.9 Å². The normalized spacial score (nSPS) is 11.6. The van der Waals surface area contributed by atoms with E-state index in [2.05, 4.69) is 17.1 Å². The summed E-state index contributed by atoms with van der Waals surface area (Å²) in [6.45, 7) is 3.49. The standard InChI is InChI=1S/C19H19Cl2N3O4S/c1-3-9-28-16-6-4-5-14(10-16)12-22-23-19(25)13-24(2)29(26,27)18-11-15(20)7-8-17(18)21/h3-8,10-12H,1,9,13H2,2H3,(H,23,25)/b22-12-. The first-order chi connectivity index (χ1) is 13.7. The van der Waals surface area contributed by atoms with Gasteiger partial charge in [0.05, 0.1) is 17.8 Å². The van der Waals surface area contributed by atoms with Crippen molar-refractivity contribution in [3.05, 3.63) is 70.7 Å². The number of halogens is 2. The van der Waals surface area contributed by atoms with Crippen molar-refractivity contribution < 1.29 is 17.9 Å². The van der Waals surface area contributed by atoms with E-state index in [1.54, 1.807) is 30.3 Å². The number of amides is 1. The van der Waals surface area contributed by atoms with E-state index < -0.39 is 22.5 Å². The van der Waals surface area contributed by atoms with Crippen LogP contribution < -0.4 is 10.2 Å². The summed E-state index contributed by atoms with van der Waals surface area (Å²) in [4.78, 5) is 11.9. The lowest BCUT2D eigenvalue weighted by molar-refractivity contribution is -0.121. The van der Waals surface area contributed by atoms with E-state index in [-0.39, 0.29) is 14.9 Å². The molecule has 0 bridgehead atoms. The van der Waals surface area contributed by atoms with Crippen LogP contribution in [0.15, 0.2) is 65.1 Å². The third-order valence-corrected chi connectivity index (χ3v) is 6.10. The van der Waals surface area contributed by atoms with Gasteiger partial charge >= 0.3 is 0 Å². The first kappa shape index (κ1) is 22.9. The topological polar surface area (TPSA) is 88.1 Å². The van der Waals surface area contributed by atoms with Crippen LogP contribution in [0.5, 0.6) is 5.75 Å². The lowest BCUT2D eigenvalue weighted by Crippen LogP contribution is -2.36. The molecule has 29 heavy (non-hydrogen) atoms. The summed E-state index contributed by atoms with van der Waals surface area (Å²) < 4.78 is 31.5. The van der Waals surface area contributed by atoms with Gasteiger partial charge in [0.15, 0.2) is 0 Å². The van der Waals surface area contributed by atoms with Gasteiger partial charge in [-0.15, -0.1) is 0 Å². The predicted octanol–water partition coefficient (Wildman–Crippen LogP) is 3.33. The van der Waals surface area contributed by atoms with Crippen molar-refractivity contribution in [2.24, 2.45) is 5.10 Å². The number of hydrogen-bond acceptors (Lipinski definition) is 5. The number of carbonyl (C=O) groups is 1. The van der Waals surface area contributed by atoms with E-state index in [1.807, 2.05) is 0 Å². The summed E-state index contributed by atoms with van der Waals surface area (Å²) in [6.07, 6.45) is 3.04. The summed E-state index contributed by atoms with van der Waals surface area (Å²) in [5.41, 5.74) is 2.98. The highest BCUT2D eigenvalue weighted by Gasteiger charge is 2.25. The minimum Gasteiger partial charge on any atom is -0.490 e. The molecule has 0 saturated carbocycles. The van der Waals surface area contributed by atoms with Gasteiger partial charge in [-0.05, 0) is 35.9 Å². The van der Waals surface area contributed by atoms with Gasteiger partial charge in [-0.3, -0.25) is 4.79 Å². The van der Waals surface area contributed by atoms with Gasteiger partial charge in [0.2, 0.25) is 10.0 Å². The SMILES string of the molecule is C=CCOc1cccc(/C=N\NC(=O)CN(C)S(=O)(=O)c2cc(Cl)ccc2Cl)c1. The molecule has 2 aromatic rings. The highest BCUT2D eigenvalue weighted by Crippen LogP contribution is 2.27. The van der Waals surface area contributed by atoms with Crippen molar-refractivity contribution in [2.45, 2.75) is 4.90 Å². The zero-order chi connectivity index (χ0) is 21.4. The number of rotatable bonds is 9. The Hall–Kier alpha value is -2.39. The Labute approximate surface area is 179 Å². The average molecular weight is 456 g/mol. The van der Waals surface area contributed by atoms with Crippen LogP contribution in [0.4, 0.5) is 0 Å². The second kappa shape index (κ2) is 10.4. The zero-order valence-electron chi connectivity index (χ0n) is 15.5. The third kappa shape index (κ3) is 6.57. The molecule has 154 valence electrons. The van der Waals surface area contributed by atoms with Gasteiger partial charge in [0.25, 0.3) is 5.91 Å². The van der Waals surface area contributed by atoms with E-state index >= 15 is 0 Å². The fourth-order valence-electron chi connectivity index (χ4n) is 2.18. The number of nitrogens with one attached hydrogen (secondary N) is 1. The summed E-state index contributed by atoms with van der Waals surface area (Å²) >= 11 is 11.8. The monoisotopic (exact) mass is 455 g/mol. The molecule has 0 aromatic heterocycles. The maximum absolute atomic E-state index is 12.6. The molecule has 1 N–H and O–H groups in total. The number of benzene rings is 2. The molecule has 0 aliphatic carbocycles. The lowest BCUT2D eigenvalue weighted by Gasteiger charge is -2.17. The molecule has 0 spiro atoms. The molecular formula is C19H19Cl2N3O4S. The molecule has 0 radical (unpaired) electrons. The summed E-state index contributed by atoms with van der Waals surface area (Å²) in [5.74, 6) is 0.00828. The fraction of sp³-hybridized carbons (Fsp3) is 0.158. The van der Waals surface area contributed by atoms with Gasteiger partial charge in [0.1, 0.15) is 17.3 Å². The van der Waals surface area contributed by atoms with Gasteiger partial charge < -0.3 is 4.74 Å². The minimum absolute atomic E-state index is 0.0123. The highest BCUT2D eigenvalue weighted by molar-refractivity contribution is 7.89. The fourth-order valence-corrected chi connectivity index (χ4v) is 4.04. The number of hydrazone groups is 1. The van der Waals surface area contributed by atoms with Crippen LogP contribution in [0.1, 0.15) is 5.56 Å². The van der Waals surface area contributed by atoms with Gasteiger partial charge in [-0.2, -0.15) is 9.41 Å². The van der Waals surface area contributed by atoms with Gasteiger partial charge in [-0.1, -0.05) is 48.0 Å². The Bertz CT molecular complexity index is 1030. The van der Waals surface area contributed by atoms with Crippen molar-refractivity contribution in [3.8, 4) is 5.75 Å². The first-order valence-electron chi connectivity index (χ1n) is 8.31. The molecule has 0 aliphatic heterocycles. The average Bonchev–Trinajstić information content (AvgIpc) is 2.68. The van der Waals surface area contributed by atoms with Crippen molar-refractivity contribution in [1.29, 1.82) is 0 Å². The van der Waals surface area contributed by atoms with Crippen LogP contribution >= 0.6 is 23.2 Å². The molecule has 0 unspecified atom stereocenters. The molecule has 10 heteroatoms. The van der Waals surface area contributed by atoms with E-state index in [1.165, 1.54) is 31.5 Å².